The van der Waals surface area contributed by atoms with E-state index in [4.69, 9.17) is 0 Å². The summed E-state index contributed by atoms with van der Waals surface area (Å²) in [6, 6.07) is 0.313. The second-order valence-electron chi connectivity index (χ2n) is 5.61. The summed E-state index contributed by atoms with van der Waals surface area (Å²) in [5, 5.41) is 18.9. The second kappa shape index (κ2) is 4.19. The number of nitro groups is 1. The minimum Gasteiger partial charge on any atom is -0.348 e. The van der Waals surface area contributed by atoms with Crippen LogP contribution in [0.2, 0.25) is 0 Å². The Hall–Kier alpha value is -1.63. The van der Waals surface area contributed by atoms with Crippen LogP contribution in [0.3, 0.4) is 0 Å². The molecule has 0 bridgehead atoms. The summed E-state index contributed by atoms with van der Waals surface area (Å²) in [4.78, 5) is 13.1. The lowest BCUT2D eigenvalue weighted by Gasteiger charge is -2.25. The maximum Gasteiger partial charge on any atom is 0.333 e. The molecule has 1 aromatic rings. The predicted octanol–water partition coefficient (Wildman–Crippen LogP) is 0.681. The molecule has 0 aromatic carbocycles. The zero-order chi connectivity index (χ0) is 13.7. The van der Waals surface area contributed by atoms with Crippen LogP contribution in [-0.2, 0) is 7.05 Å². The van der Waals surface area contributed by atoms with Crippen LogP contribution in [0.4, 0.5) is 11.5 Å². The fraction of sp³-hybridized carbons (Fsp3) is 0.750. The predicted molar refractivity (Wildman–Crippen MR) is 71.3 cm³/mol. The highest BCUT2D eigenvalue weighted by Gasteiger charge is 2.45. The maximum atomic E-state index is 11.3. The molecule has 0 radical (unpaired) electrons. The highest BCUT2D eigenvalue weighted by atomic mass is 16.6. The molecule has 0 amide bonds. The van der Waals surface area contributed by atoms with Crippen molar-refractivity contribution in [2.45, 2.75) is 19.9 Å². The first-order valence-corrected chi connectivity index (χ1v) is 6.66. The molecule has 104 valence electrons. The molecule has 2 aliphatic heterocycles. The van der Waals surface area contributed by atoms with Gasteiger partial charge in [0.15, 0.2) is 0 Å². The molecule has 2 saturated heterocycles. The summed E-state index contributed by atoms with van der Waals surface area (Å²) >= 11 is 0. The van der Waals surface area contributed by atoms with E-state index in [1.807, 2.05) is 0 Å². The van der Waals surface area contributed by atoms with Crippen LogP contribution in [0.1, 0.15) is 12.6 Å². The molecule has 3 unspecified atom stereocenters. The van der Waals surface area contributed by atoms with Gasteiger partial charge in [-0.25, -0.2) is 4.68 Å². The fourth-order valence-electron chi connectivity index (χ4n) is 3.62. The maximum absolute atomic E-state index is 11.3. The quantitative estimate of drug-likeness (QED) is 0.628. The van der Waals surface area contributed by atoms with E-state index in [2.05, 4.69) is 22.2 Å². The molecule has 1 aromatic heterocycles. The van der Waals surface area contributed by atoms with Gasteiger partial charge in [-0.2, -0.15) is 5.10 Å². The number of aromatic nitrogens is 2. The number of nitrogens with one attached hydrogen (secondary N) is 1. The summed E-state index contributed by atoms with van der Waals surface area (Å²) in [5.41, 5.74) is 0.646. The highest BCUT2D eigenvalue weighted by molar-refractivity contribution is 5.62. The Labute approximate surface area is 111 Å². The van der Waals surface area contributed by atoms with Crippen molar-refractivity contribution in [3.05, 3.63) is 15.8 Å². The largest absolute Gasteiger partial charge is 0.348 e. The Morgan fingerprint density at radius 1 is 1.47 bits per heavy atom. The van der Waals surface area contributed by atoms with Crippen LogP contribution in [0, 0.1) is 28.9 Å². The first kappa shape index (κ1) is 12.4. The smallest absolute Gasteiger partial charge is 0.333 e. The summed E-state index contributed by atoms with van der Waals surface area (Å²) in [6.45, 7) is 6.75. The van der Waals surface area contributed by atoms with Gasteiger partial charge in [-0.3, -0.25) is 10.1 Å². The first-order chi connectivity index (χ1) is 9.00. The van der Waals surface area contributed by atoms with E-state index < -0.39 is 0 Å². The molecule has 3 rings (SSSR count). The molecule has 3 heterocycles. The number of hydrogen-bond acceptors (Lipinski definition) is 5. The number of nitrogens with zero attached hydrogens (tertiary/aromatic N) is 4. The molecular weight excluding hydrogens is 246 g/mol. The van der Waals surface area contributed by atoms with Gasteiger partial charge in [-0.15, -0.1) is 0 Å². The molecule has 0 spiro atoms. The molecule has 0 aliphatic carbocycles. The van der Waals surface area contributed by atoms with E-state index in [1.54, 1.807) is 18.7 Å². The zero-order valence-electron chi connectivity index (χ0n) is 11.5. The van der Waals surface area contributed by atoms with Crippen LogP contribution in [-0.4, -0.2) is 40.4 Å². The molecular formula is C12H19N5O2. The van der Waals surface area contributed by atoms with Gasteiger partial charge in [-0.05, 0) is 25.7 Å². The molecule has 2 fully saturated rings. The van der Waals surface area contributed by atoms with Crippen LogP contribution >= 0.6 is 0 Å². The highest BCUT2D eigenvalue weighted by Crippen LogP contribution is 2.40. The van der Waals surface area contributed by atoms with Crippen molar-refractivity contribution in [3.63, 3.8) is 0 Å². The van der Waals surface area contributed by atoms with Crippen molar-refractivity contribution in [3.8, 4) is 0 Å². The van der Waals surface area contributed by atoms with E-state index in [1.165, 1.54) is 0 Å². The normalized spacial score (nSPS) is 29.8. The van der Waals surface area contributed by atoms with E-state index in [9.17, 15) is 10.1 Å². The number of anilines is 1. The average molecular weight is 265 g/mol. The van der Waals surface area contributed by atoms with E-state index in [-0.39, 0.29) is 10.6 Å². The fourth-order valence-corrected chi connectivity index (χ4v) is 3.62. The van der Waals surface area contributed by atoms with Crippen molar-refractivity contribution in [2.75, 3.05) is 24.5 Å². The average Bonchev–Trinajstić information content (AvgIpc) is 2.95. The third kappa shape index (κ3) is 1.72. The SMILES string of the molecule is Cc1nn(C)c(N2CC3CNCC3C2C)c1[N+](=O)[O-]. The lowest BCUT2D eigenvalue weighted by molar-refractivity contribution is -0.384. The van der Waals surface area contributed by atoms with Gasteiger partial charge in [0.1, 0.15) is 5.69 Å². The van der Waals surface area contributed by atoms with E-state index >= 15 is 0 Å². The van der Waals surface area contributed by atoms with Gasteiger partial charge in [-0.1, -0.05) is 0 Å². The molecule has 3 atom stereocenters. The molecule has 1 N–H and O–H groups in total. The lowest BCUT2D eigenvalue weighted by Crippen LogP contribution is -2.34. The van der Waals surface area contributed by atoms with Gasteiger partial charge in [0.25, 0.3) is 0 Å². The number of aryl methyl sites for hydroxylation is 2. The second-order valence-corrected chi connectivity index (χ2v) is 5.61. The topological polar surface area (TPSA) is 76.2 Å². The Bertz CT molecular complexity index is 526. The Morgan fingerprint density at radius 3 is 2.84 bits per heavy atom. The standard InChI is InChI=1S/C12H19N5O2/c1-7-11(17(18)19)12(15(3)14-7)16-6-9-4-13-5-10(9)8(16)2/h8-10,13H,4-6H2,1-3H3. The van der Waals surface area contributed by atoms with Crippen LogP contribution in [0.15, 0.2) is 0 Å². The van der Waals surface area contributed by atoms with Gasteiger partial charge >= 0.3 is 5.69 Å². The monoisotopic (exact) mass is 265 g/mol. The van der Waals surface area contributed by atoms with Crippen molar-refractivity contribution < 1.29 is 4.92 Å². The summed E-state index contributed by atoms with van der Waals surface area (Å²) in [6.07, 6.45) is 0. The van der Waals surface area contributed by atoms with Gasteiger partial charge in [0.2, 0.25) is 5.82 Å². The molecule has 7 heteroatoms. The summed E-state index contributed by atoms with van der Waals surface area (Å²) in [5.74, 6) is 1.82. The Morgan fingerprint density at radius 2 is 2.21 bits per heavy atom. The molecule has 7 nitrogen and oxygen atoms in total. The van der Waals surface area contributed by atoms with Gasteiger partial charge < -0.3 is 10.2 Å². The lowest BCUT2D eigenvalue weighted by atomic mass is 9.95. The van der Waals surface area contributed by atoms with Crippen LogP contribution in [0.5, 0.6) is 0 Å². The Kier molecular flexibility index (Phi) is 2.74. The van der Waals surface area contributed by atoms with E-state index in [0.29, 0.717) is 29.4 Å². The minimum atomic E-state index is -0.309. The Balaban J connectivity index is 2.01. The summed E-state index contributed by atoms with van der Waals surface area (Å²) in [7, 11) is 1.79. The van der Waals surface area contributed by atoms with Crippen molar-refractivity contribution >= 4 is 11.5 Å². The summed E-state index contributed by atoms with van der Waals surface area (Å²) < 4.78 is 1.65. The number of fused-ring (bicyclic) bond motifs is 1. The van der Waals surface area contributed by atoms with Crippen LogP contribution in [0.25, 0.3) is 0 Å². The number of hydrogen-bond donors (Lipinski definition) is 1. The van der Waals surface area contributed by atoms with Gasteiger partial charge in [0.05, 0.1) is 4.92 Å². The van der Waals surface area contributed by atoms with Crippen molar-refractivity contribution in [1.82, 2.24) is 15.1 Å². The third-order valence-corrected chi connectivity index (χ3v) is 4.55. The van der Waals surface area contributed by atoms with Crippen LogP contribution < -0.4 is 10.2 Å². The zero-order valence-corrected chi connectivity index (χ0v) is 11.5. The molecule has 19 heavy (non-hydrogen) atoms. The van der Waals surface area contributed by atoms with Crippen molar-refractivity contribution in [2.24, 2.45) is 18.9 Å². The van der Waals surface area contributed by atoms with Gasteiger partial charge in [0, 0.05) is 32.7 Å². The van der Waals surface area contributed by atoms with E-state index in [0.717, 1.165) is 19.6 Å². The molecule has 0 saturated carbocycles. The van der Waals surface area contributed by atoms with Crippen molar-refractivity contribution in [1.29, 1.82) is 0 Å². The third-order valence-electron chi connectivity index (χ3n) is 4.55. The molecule has 2 aliphatic rings. The first-order valence-electron chi connectivity index (χ1n) is 6.66. The minimum absolute atomic E-state index is 0.155. The number of rotatable bonds is 2.